The van der Waals surface area contributed by atoms with Gasteiger partial charge in [0.15, 0.2) is 5.72 Å². The van der Waals surface area contributed by atoms with Crippen molar-refractivity contribution in [3.8, 4) is 5.75 Å². The number of aliphatic hydroxyl groups is 1. The quantitative estimate of drug-likeness (QED) is 0.160. The Kier molecular flexibility index (Phi) is 14.7. The van der Waals surface area contributed by atoms with Crippen molar-refractivity contribution in [2.24, 2.45) is 5.92 Å². The zero-order valence-electron chi connectivity index (χ0n) is 33.6. The van der Waals surface area contributed by atoms with Gasteiger partial charge in [-0.3, -0.25) is 14.9 Å². The van der Waals surface area contributed by atoms with Crippen molar-refractivity contribution in [1.29, 1.82) is 0 Å². The van der Waals surface area contributed by atoms with Gasteiger partial charge in [0.05, 0.1) is 25.3 Å². The molecule has 3 aliphatic heterocycles. The highest BCUT2D eigenvalue weighted by molar-refractivity contribution is 8.76. The van der Waals surface area contributed by atoms with Gasteiger partial charge in [0.1, 0.15) is 40.7 Å². The summed E-state index contributed by atoms with van der Waals surface area (Å²) in [7, 11) is 9.39. The third-order valence-corrected chi connectivity index (χ3v) is 13.8. The number of allylic oxidation sites excluding steroid dienone is 3. The molecule has 3 heterocycles. The molecule has 3 amide bonds. The lowest BCUT2D eigenvalue weighted by molar-refractivity contribution is -0.162. The van der Waals surface area contributed by atoms with E-state index in [2.05, 4.69) is 19.2 Å². The standard InChI is InChI=1S/C39H56ClN3O10S2/c1-22-13-12-14-29(50-10)39(48)21-28(51-36(47)41-39)23(2)34-38(6,53-34)30(20-32(45)43(8)26-18-25(17-22)19-27(49-9)33(26)40)52-35(46)24(3)42(7)31(44)15-16-37(4,5)55-54-11/h12-14,18-19,23-24,28-30,34,48H,15-17,20-21H2,1-11H3,(H,41,47)/t23-,24-,28+,29-,30+,34?,38+,39+/m1/s1. The van der Waals surface area contributed by atoms with Crippen molar-refractivity contribution in [3.63, 3.8) is 0 Å². The molecule has 1 aromatic carbocycles. The molecule has 16 heteroatoms. The summed E-state index contributed by atoms with van der Waals surface area (Å²) >= 11 is 6.78. The maximum atomic E-state index is 14.2. The van der Waals surface area contributed by atoms with Gasteiger partial charge in [-0.05, 0) is 71.4 Å². The molecule has 0 aromatic heterocycles. The molecule has 8 atom stereocenters. The number of hydrogen-bond donors (Lipinski definition) is 2. The topological polar surface area (TPSA) is 156 Å². The molecule has 2 N–H and O–H groups in total. The Labute approximate surface area is 337 Å². The van der Waals surface area contributed by atoms with E-state index in [0.29, 0.717) is 24.3 Å². The third-order valence-electron chi connectivity index (χ3n) is 10.8. The van der Waals surface area contributed by atoms with Crippen LogP contribution in [0.5, 0.6) is 5.75 Å². The first-order valence-electron chi connectivity index (χ1n) is 18.3. The minimum Gasteiger partial charge on any atom is -0.495 e. The number of halogens is 1. The van der Waals surface area contributed by atoms with Crippen molar-refractivity contribution in [2.45, 2.75) is 120 Å². The number of rotatable bonds is 10. The van der Waals surface area contributed by atoms with E-state index in [1.807, 2.05) is 26.2 Å². The molecular formula is C39H56ClN3O10S2. The lowest BCUT2D eigenvalue weighted by Gasteiger charge is -2.42. The fraction of sp³-hybridized carbons (Fsp3) is 0.641. The van der Waals surface area contributed by atoms with Crippen LogP contribution in [0.2, 0.25) is 5.02 Å². The maximum Gasteiger partial charge on any atom is 0.409 e. The first-order chi connectivity index (χ1) is 25.7. The Morgan fingerprint density at radius 1 is 1.25 bits per heavy atom. The van der Waals surface area contributed by atoms with E-state index in [0.717, 1.165) is 11.1 Å². The molecule has 0 radical (unpaired) electrons. The van der Waals surface area contributed by atoms with E-state index < -0.39 is 65.7 Å². The number of benzene rings is 1. The number of esters is 1. The number of anilines is 1. The highest BCUT2D eigenvalue weighted by Crippen LogP contribution is 2.49. The summed E-state index contributed by atoms with van der Waals surface area (Å²) in [6.45, 7) is 11.2. The number of hydrogen-bond acceptors (Lipinski definition) is 12. The average molecular weight is 826 g/mol. The molecule has 55 heavy (non-hydrogen) atoms. The van der Waals surface area contributed by atoms with E-state index >= 15 is 0 Å². The van der Waals surface area contributed by atoms with Crippen LogP contribution in [0.4, 0.5) is 10.5 Å². The monoisotopic (exact) mass is 825 g/mol. The Balaban J connectivity index is 1.71. The minimum atomic E-state index is -1.83. The molecule has 3 aliphatic rings. The summed E-state index contributed by atoms with van der Waals surface area (Å²) in [5.41, 5.74) is -0.900. The number of ether oxygens (including phenoxy) is 5. The Morgan fingerprint density at radius 2 is 1.95 bits per heavy atom. The predicted molar refractivity (Wildman–Crippen MR) is 215 cm³/mol. The number of nitrogens with zero attached hydrogens (tertiary/aromatic N) is 2. The molecule has 13 nitrogen and oxygen atoms in total. The fourth-order valence-electron chi connectivity index (χ4n) is 7.07. The minimum absolute atomic E-state index is 0.0478. The number of nitrogens with one attached hydrogen (secondary N) is 1. The van der Waals surface area contributed by atoms with Gasteiger partial charge >= 0.3 is 12.1 Å². The van der Waals surface area contributed by atoms with Crippen molar-refractivity contribution in [2.75, 3.05) is 39.5 Å². The lowest BCUT2D eigenvalue weighted by atomic mass is 9.83. The summed E-state index contributed by atoms with van der Waals surface area (Å²) in [4.78, 5) is 56.9. The van der Waals surface area contributed by atoms with Crippen molar-refractivity contribution >= 4 is 62.8 Å². The van der Waals surface area contributed by atoms with Gasteiger partial charge in [0.2, 0.25) is 11.8 Å². The second-order valence-electron chi connectivity index (χ2n) is 15.4. The smallest absolute Gasteiger partial charge is 0.409 e. The van der Waals surface area contributed by atoms with Crippen molar-refractivity contribution in [3.05, 3.63) is 46.5 Å². The zero-order valence-corrected chi connectivity index (χ0v) is 36.0. The predicted octanol–water partition coefficient (Wildman–Crippen LogP) is 6.08. The second-order valence-corrected chi connectivity index (χ2v) is 18.9. The van der Waals surface area contributed by atoms with Gasteiger partial charge < -0.3 is 38.6 Å². The number of carbonyl (C=O) groups excluding carboxylic acids is 4. The molecule has 4 bridgehead atoms. The van der Waals surface area contributed by atoms with Crippen LogP contribution in [0.3, 0.4) is 0 Å². The fourth-order valence-corrected chi connectivity index (χ4v) is 9.62. The average Bonchev–Trinajstić information content (AvgIpc) is 3.82. The molecule has 0 saturated carbocycles. The van der Waals surface area contributed by atoms with Gasteiger partial charge in [0, 0.05) is 44.7 Å². The third kappa shape index (κ3) is 10.5. The molecular weight excluding hydrogens is 770 g/mol. The zero-order chi connectivity index (χ0) is 41.0. The molecule has 306 valence electrons. The van der Waals surface area contributed by atoms with E-state index in [-0.39, 0.29) is 34.9 Å². The first kappa shape index (κ1) is 44.8. The van der Waals surface area contributed by atoms with Crippen LogP contribution in [0.15, 0.2) is 35.9 Å². The van der Waals surface area contributed by atoms with Crippen molar-refractivity contribution in [1.82, 2.24) is 10.2 Å². The number of likely N-dealkylation sites (N-methyl/N-ethyl adjacent to an activating group) is 1. The summed E-state index contributed by atoms with van der Waals surface area (Å²) in [6, 6.07) is 2.62. The van der Waals surface area contributed by atoms with Crippen LogP contribution < -0.4 is 15.0 Å². The van der Waals surface area contributed by atoms with E-state index in [1.165, 1.54) is 24.0 Å². The molecule has 0 aliphatic carbocycles. The Hall–Kier alpha value is -2.95. The second kappa shape index (κ2) is 18.1. The summed E-state index contributed by atoms with van der Waals surface area (Å²) < 4.78 is 29.2. The summed E-state index contributed by atoms with van der Waals surface area (Å²) in [5, 5.41) is 14.5. The van der Waals surface area contributed by atoms with Crippen LogP contribution in [0.25, 0.3) is 0 Å². The highest BCUT2D eigenvalue weighted by Gasteiger charge is 2.64. The molecule has 1 aromatic rings. The normalized spacial score (nSPS) is 29.3. The maximum absolute atomic E-state index is 14.2. The van der Waals surface area contributed by atoms with Gasteiger partial charge in [-0.1, -0.05) is 63.9 Å². The van der Waals surface area contributed by atoms with E-state index in [4.69, 9.17) is 35.3 Å². The van der Waals surface area contributed by atoms with Crippen molar-refractivity contribution < 1.29 is 48.0 Å². The molecule has 4 rings (SSSR count). The molecule has 0 spiro atoms. The van der Waals surface area contributed by atoms with Crippen LogP contribution in [0.1, 0.15) is 72.8 Å². The van der Waals surface area contributed by atoms with Gasteiger partial charge in [-0.25, -0.2) is 9.59 Å². The Bertz CT molecular complexity index is 1680. The number of epoxide rings is 1. The summed E-state index contributed by atoms with van der Waals surface area (Å²) in [6.07, 6.45) is 3.81. The SMILES string of the molecule is COc1cc2cc(c1Cl)N(C)C(=O)C[C@H](OC(=O)[C@@H](C)N(C)C(=O)CCC(C)(C)SSC)[C@]1(C)OC1[C@H](C)[C@@H]1C[C@@](O)(NC(=O)O1)[C@H](OC)C=CC=C(C)C2. The molecule has 2 saturated heterocycles. The first-order valence-corrected chi connectivity index (χ1v) is 21.2. The van der Waals surface area contributed by atoms with Crippen LogP contribution in [-0.4, -0.2) is 115 Å². The summed E-state index contributed by atoms with van der Waals surface area (Å²) in [5.74, 6) is -1.50. The van der Waals surface area contributed by atoms with Gasteiger partial charge in [-0.15, -0.1) is 0 Å². The number of carbonyl (C=O) groups is 4. The molecule has 1 unspecified atom stereocenters. The van der Waals surface area contributed by atoms with Crippen LogP contribution >= 0.6 is 33.2 Å². The van der Waals surface area contributed by atoms with E-state index in [9.17, 15) is 24.3 Å². The number of fused-ring (bicyclic) bond motifs is 5. The largest absolute Gasteiger partial charge is 0.495 e. The number of amides is 3. The lowest BCUT2D eigenvalue weighted by Crippen LogP contribution is -2.63. The number of methoxy groups -OCH3 is 2. The van der Waals surface area contributed by atoms with Crippen LogP contribution in [0, 0.1) is 5.92 Å². The molecule has 2 fully saturated rings. The van der Waals surface area contributed by atoms with Gasteiger partial charge in [-0.2, -0.15) is 0 Å². The van der Waals surface area contributed by atoms with Crippen LogP contribution in [-0.2, 0) is 39.8 Å². The van der Waals surface area contributed by atoms with Gasteiger partial charge in [0.25, 0.3) is 0 Å². The Morgan fingerprint density at radius 3 is 2.58 bits per heavy atom. The van der Waals surface area contributed by atoms with E-state index in [1.54, 1.807) is 73.8 Å². The number of alkyl carbamates (subject to hydrolysis) is 1. The highest BCUT2D eigenvalue weighted by atomic mass is 35.5.